The summed E-state index contributed by atoms with van der Waals surface area (Å²) in [6.07, 6.45) is 0.858. The number of amides is 1. The Bertz CT molecular complexity index is 828. The molecule has 0 aliphatic carbocycles. The molecule has 3 aromatic rings. The second-order valence-electron chi connectivity index (χ2n) is 5.79. The lowest BCUT2D eigenvalue weighted by molar-refractivity contribution is 0.102. The molecule has 0 aromatic heterocycles. The highest BCUT2D eigenvalue weighted by atomic mass is 16.5. The van der Waals surface area contributed by atoms with E-state index in [1.807, 2.05) is 42.5 Å². The summed E-state index contributed by atoms with van der Waals surface area (Å²) in [6, 6.07) is 24.6. The zero-order valence-corrected chi connectivity index (χ0v) is 14.6. The van der Waals surface area contributed by atoms with E-state index in [0.29, 0.717) is 12.2 Å². The molecule has 4 heteroatoms. The molecule has 26 heavy (non-hydrogen) atoms. The van der Waals surface area contributed by atoms with Crippen molar-refractivity contribution in [2.24, 2.45) is 0 Å². The van der Waals surface area contributed by atoms with Gasteiger partial charge in [-0.3, -0.25) is 4.79 Å². The number of rotatable bonds is 7. The number of hydrogen-bond acceptors (Lipinski definition) is 3. The van der Waals surface area contributed by atoms with Crippen molar-refractivity contribution in [2.75, 3.05) is 19.0 Å². The maximum absolute atomic E-state index is 12.2. The molecule has 0 bridgehead atoms. The van der Waals surface area contributed by atoms with Gasteiger partial charge in [-0.15, -0.1) is 0 Å². The Labute approximate surface area is 153 Å². The molecule has 0 atom stereocenters. The van der Waals surface area contributed by atoms with Crippen molar-refractivity contribution in [2.45, 2.75) is 6.42 Å². The SMILES string of the molecule is COc1ccc(C(=O)Nc2ccc(OCCc3ccccc3)cc2)cc1. The minimum Gasteiger partial charge on any atom is -0.497 e. The minimum atomic E-state index is -0.162. The number of methoxy groups -OCH3 is 1. The lowest BCUT2D eigenvalue weighted by Gasteiger charge is -2.09. The largest absolute Gasteiger partial charge is 0.497 e. The van der Waals surface area contributed by atoms with Crippen LogP contribution in [-0.4, -0.2) is 19.6 Å². The highest BCUT2D eigenvalue weighted by molar-refractivity contribution is 6.04. The van der Waals surface area contributed by atoms with Gasteiger partial charge in [-0.05, 0) is 54.1 Å². The molecule has 0 spiro atoms. The molecule has 0 aliphatic heterocycles. The summed E-state index contributed by atoms with van der Waals surface area (Å²) in [5.74, 6) is 1.34. The molecule has 0 saturated carbocycles. The molecule has 0 unspecified atom stereocenters. The van der Waals surface area contributed by atoms with Crippen molar-refractivity contribution in [1.82, 2.24) is 0 Å². The first-order valence-corrected chi connectivity index (χ1v) is 8.47. The summed E-state index contributed by atoms with van der Waals surface area (Å²) in [4.78, 5) is 12.2. The molecule has 1 N–H and O–H groups in total. The summed E-state index contributed by atoms with van der Waals surface area (Å²) in [5, 5.41) is 2.87. The predicted octanol–water partition coefficient (Wildman–Crippen LogP) is 4.57. The molecular weight excluding hydrogens is 326 g/mol. The van der Waals surface area contributed by atoms with Gasteiger partial charge in [0.05, 0.1) is 13.7 Å². The van der Waals surface area contributed by atoms with Crippen LogP contribution in [0, 0.1) is 0 Å². The van der Waals surface area contributed by atoms with Gasteiger partial charge in [0.15, 0.2) is 0 Å². The molecule has 132 valence electrons. The first kappa shape index (κ1) is 17.5. The topological polar surface area (TPSA) is 47.6 Å². The van der Waals surface area contributed by atoms with Crippen LogP contribution in [0.15, 0.2) is 78.9 Å². The molecule has 0 heterocycles. The zero-order valence-electron chi connectivity index (χ0n) is 14.6. The Balaban J connectivity index is 1.51. The first-order chi connectivity index (χ1) is 12.7. The van der Waals surface area contributed by atoms with Crippen molar-refractivity contribution in [1.29, 1.82) is 0 Å². The van der Waals surface area contributed by atoms with Gasteiger partial charge in [0.2, 0.25) is 0 Å². The third-order valence-electron chi connectivity index (χ3n) is 3.97. The van der Waals surface area contributed by atoms with Crippen molar-refractivity contribution >= 4 is 11.6 Å². The summed E-state index contributed by atoms with van der Waals surface area (Å²) in [6.45, 7) is 0.613. The normalized spacial score (nSPS) is 10.2. The van der Waals surface area contributed by atoms with Gasteiger partial charge in [0.1, 0.15) is 11.5 Å². The van der Waals surface area contributed by atoms with E-state index >= 15 is 0 Å². The summed E-state index contributed by atoms with van der Waals surface area (Å²) in [5.41, 5.74) is 2.55. The highest BCUT2D eigenvalue weighted by Crippen LogP contribution is 2.18. The average Bonchev–Trinajstić information content (AvgIpc) is 2.70. The van der Waals surface area contributed by atoms with Crippen molar-refractivity contribution in [3.05, 3.63) is 90.0 Å². The Morgan fingerprint density at radius 1 is 0.846 bits per heavy atom. The molecular formula is C22H21NO3. The van der Waals surface area contributed by atoms with E-state index in [-0.39, 0.29) is 5.91 Å². The number of carbonyl (C=O) groups is 1. The number of nitrogens with one attached hydrogen (secondary N) is 1. The first-order valence-electron chi connectivity index (χ1n) is 8.47. The van der Waals surface area contributed by atoms with Gasteiger partial charge >= 0.3 is 0 Å². The maximum atomic E-state index is 12.2. The van der Waals surface area contributed by atoms with Crippen LogP contribution in [0.4, 0.5) is 5.69 Å². The third kappa shape index (κ3) is 4.86. The van der Waals surface area contributed by atoms with Crippen LogP contribution in [0.25, 0.3) is 0 Å². The predicted molar refractivity (Wildman–Crippen MR) is 103 cm³/mol. The van der Waals surface area contributed by atoms with Crippen molar-refractivity contribution in [3.63, 3.8) is 0 Å². The van der Waals surface area contributed by atoms with E-state index in [1.165, 1.54) is 5.56 Å². The fourth-order valence-corrected chi connectivity index (χ4v) is 2.51. The lowest BCUT2D eigenvalue weighted by Crippen LogP contribution is -2.11. The smallest absolute Gasteiger partial charge is 0.255 e. The van der Waals surface area contributed by atoms with E-state index < -0.39 is 0 Å². The quantitative estimate of drug-likeness (QED) is 0.681. The molecule has 4 nitrogen and oxygen atoms in total. The van der Waals surface area contributed by atoms with Crippen LogP contribution in [-0.2, 0) is 6.42 Å². The Kier molecular flexibility index (Phi) is 5.88. The van der Waals surface area contributed by atoms with Crippen LogP contribution in [0.2, 0.25) is 0 Å². The number of carbonyl (C=O) groups excluding carboxylic acids is 1. The molecule has 0 aliphatic rings. The molecule has 0 saturated heterocycles. The monoisotopic (exact) mass is 347 g/mol. The van der Waals surface area contributed by atoms with E-state index in [1.54, 1.807) is 31.4 Å². The molecule has 1 amide bonds. The van der Waals surface area contributed by atoms with Gasteiger partial charge in [-0.25, -0.2) is 0 Å². The summed E-state index contributed by atoms with van der Waals surface area (Å²) >= 11 is 0. The molecule has 0 fully saturated rings. The molecule has 0 radical (unpaired) electrons. The van der Waals surface area contributed by atoms with E-state index in [0.717, 1.165) is 23.6 Å². The number of ether oxygens (including phenoxy) is 2. The Morgan fingerprint density at radius 3 is 2.15 bits per heavy atom. The van der Waals surface area contributed by atoms with Crippen LogP contribution in [0.3, 0.4) is 0 Å². The van der Waals surface area contributed by atoms with E-state index in [9.17, 15) is 4.79 Å². The fraction of sp³-hybridized carbons (Fsp3) is 0.136. The maximum Gasteiger partial charge on any atom is 0.255 e. The van der Waals surface area contributed by atoms with Gasteiger partial charge in [-0.2, -0.15) is 0 Å². The van der Waals surface area contributed by atoms with Crippen LogP contribution >= 0.6 is 0 Å². The Morgan fingerprint density at radius 2 is 1.50 bits per heavy atom. The lowest BCUT2D eigenvalue weighted by atomic mass is 10.2. The summed E-state index contributed by atoms with van der Waals surface area (Å²) < 4.78 is 10.8. The number of hydrogen-bond donors (Lipinski definition) is 1. The van der Waals surface area contributed by atoms with Gasteiger partial charge in [-0.1, -0.05) is 30.3 Å². The van der Waals surface area contributed by atoms with Gasteiger partial charge in [0.25, 0.3) is 5.91 Å². The van der Waals surface area contributed by atoms with Gasteiger partial charge in [0, 0.05) is 17.7 Å². The summed E-state index contributed by atoms with van der Waals surface area (Å²) in [7, 11) is 1.60. The van der Waals surface area contributed by atoms with E-state index in [4.69, 9.17) is 9.47 Å². The standard InChI is InChI=1S/C22H21NO3/c1-25-20-11-7-18(8-12-20)22(24)23-19-9-13-21(14-10-19)26-16-15-17-5-3-2-4-6-17/h2-14H,15-16H2,1H3,(H,23,24). The molecule has 3 rings (SSSR count). The van der Waals surface area contributed by atoms with Crippen LogP contribution in [0.1, 0.15) is 15.9 Å². The number of benzene rings is 3. The second kappa shape index (κ2) is 8.72. The zero-order chi connectivity index (χ0) is 18.2. The molecule has 3 aromatic carbocycles. The highest BCUT2D eigenvalue weighted by Gasteiger charge is 2.06. The average molecular weight is 347 g/mol. The van der Waals surface area contributed by atoms with E-state index in [2.05, 4.69) is 17.4 Å². The minimum absolute atomic E-state index is 0.162. The Hall–Kier alpha value is -3.27. The fourth-order valence-electron chi connectivity index (χ4n) is 2.51. The second-order valence-corrected chi connectivity index (χ2v) is 5.79. The van der Waals surface area contributed by atoms with Crippen molar-refractivity contribution < 1.29 is 14.3 Å². The van der Waals surface area contributed by atoms with Crippen LogP contribution in [0.5, 0.6) is 11.5 Å². The van der Waals surface area contributed by atoms with Crippen LogP contribution < -0.4 is 14.8 Å². The van der Waals surface area contributed by atoms with Gasteiger partial charge < -0.3 is 14.8 Å². The number of anilines is 1. The van der Waals surface area contributed by atoms with Crippen molar-refractivity contribution in [3.8, 4) is 11.5 Å². The third-order valence-corrected chi connectivity index (χ3v) is 3.97.